The van der Waals surface area contributed by atoms with E-state index in [-0.39, 0.29) is 6.47 Å². The second-order valence-electron chi connectivity index (χ2n) is 10.2. The van der Waals surface area contributed by atoms with Crippen LogP contribution in [0.15, 0.2) is 49.1 Å². The average Bonchev–Trinajstić information content (AvgIpc) is 3.59. The van der Waals surface area contributed by atoms with Gasteiger partial charge < -0.3 is 19.6 Å². The molecule has 0 aliphatic heterocycles. The minimum atomic E-state index is -0.250. The average molecular weight is 540 g/mol. The number of nitrogens with zero attached hydrogens (tertiary/aromatic N) is 6. The van der Waals surface area contributed by atoms with Crippen molar-refractivity contribution in [1.82, 2.24) is 34.2 Å². The Kier molecular flexibility index (Phi) is 15.1. The van der Waals surface area contributed by atoms with Gasteiger partial charge in [0.05, 0.1) is 13.1 Å². The normalized spacial score (nSPS) is 12.1. The van der Waals surface area contributed by atoms with Gasteiger partial charge in [0.2, 0.25) is 0 Å². The molecule has 2 N–H and O–H groups in total. The second-order valence-corrected chi connectivity index (χ2v) is 10.2. The summed E-state index contributed by atoms with van der Waals surface area (Å²) in [6.45, 7) is 13.8. The molecule has 1 atom stereocenters. The van der Waals surface area contributed by atoms with E-state index in [2.05, 4.69) is 86.3 Å². The highest BCUT2D eigenvalue weighted by Gasteiger charge is 2.15. The van der Waals surface area contributed by atoms with E-state index >= 15 is 0 Å². The fraction of sp³-hybridized carbons (Fsp3) is 0.567. The molecule has 0 spiro atoms. The minimum Gasteiger partial charge on any atom is -0.483 e. The molecule has 9 nitrogen and oxygen atoms in total. The summed E-state index contributed by atoms with van der Waals surface area (Å²) in [6.07, 6.45) is 12.6. The number of aromatic nitrogens is 4. The summed E-state index contributed by atoms with van der Waals surface area (Å²) in [4.78, 5) is 28.0. The van der Waals surface area contributed by atoms with Crippen LogP contribution in [0.4, 0.5) is 0 Å². The number of hydrogen-bond donors (Lipinski definition) is 2. The first-order chi connectivity index (χ1) is 18.9. The standard InChI is InChI=1S/C29H47N7.CH2O2/c1-6-17-35(18-7-2)20-9-8-19-33(4)25(3)27-12-10-26(11-13-27)22-36(23-28-30-14-15-31-28)24-29-32-16-21-34(29)5;2-1-3/h10-16,21,25H,6-9,17-20,22-24H2,1-5H3,(H,30,31);1H,(H,2,3). The van der Waals surface area contributed by atoms with Crippen molar-refractivity contribution in [1.29, 1.82) is 0 Å². The van der Waals surface area contributed by atoms with Gasteiger partial charge in [0.15, 0.2) is 0 Å². The molecule has 1 unspecified atom stereocenters. The molecule has 3 rings (SSSR count). The van der Waals surface area contributed by atoms with E-state index in [9.17, 15) is 0 Å². The smallest absolute Gasteiger partial charge is 0.290 e. The Labute approximate surface area is 234 Å². The van der Waals surface area contributed by atoms with Crippen molar-refractivity contribution in [2.24, 2.45) is 7.05 Å². The Morgan fingerprint density at radius 1 is 0.949 bits per heavy atom. The zero-order valence-corrected chi connectivity index (χ0v) is 24.6. The summed E-state index contributed by atoms with van der Waals surface area (Å²) in [5, 5.41) is 6.89. The van der Waals surface area contributed by atoms with Crippen LogP contribution in [0.25, 0.3) is 0 Å². The van der Waals surface area contributed by atoms with E-state index in [0.717, 1.165) is 37.8 Å². The van der Waals surface area contributed by atoms with Crippen molar-refractivity contribution >= 4 is 6.47 Å². The number of H-pyrrole nitrogens is 1. The molecule has 0 saturated heterocycles. The topological polar surface area (TPSA) is 93.5 Å². The molecule has 0 amide bonds. The second kappa shape index (κ2) is 18.3. The number of aryl methyl sites for hydroxylation is 1. The third-order valence-corrected chi connectivity index (χ3v) is 7.06. The first-order valence-corrected chi connectivity index (χ1v) is 14.2. The Hall–Kier alpha value is -3.01. The Bertz CT molecular complexity index is 1010. The zero-order chi connectivity index (χ0) is 28.5. The highest BCUT2D eigenvalue weighted by atomic mass is 16.3. The predicted octanol–water partition coefficient (Wildman–Crippen LogP) is 4.94. The molecular weight excluding hydrogens is 490 g/mol. The van der Waals surface area contributed by atoms with E-state index in [0.29, 0.717) is 6.04 Å². The van der Waals surface area contributed by atoms with Crippen molar-refractivity contribution < 1.29 is 9.90 Å². The quantitative estimate of drug-likeness (QED) is 0.185. The zero-order valence-electron chi connectivity index (χ0n) is 24.6. The van der Waals surface area contributed by atoms with Gasteiger partial charge >= 0.3 is 0 Å². The monoisotopic (exact) mass is 539 g/mol. The van der Waals surface area contributed by atoms with Crippen LogP contribution in [0.2, 0.25) is 0 Å². The Morgan fingerprint density at radius 2 is 1.62 bits per heavy atom. The number of rotatable bonds is 17. The number of nitrogens with one attached hydrogen (secondary N) is 1. The van der Waals surface area contributed by atoms with Crippen LogP contribution >= 0.6 is 0 Å². The lowest BCUT2D eigenvalue weighted by molar-refractivity contribution is -0.122. The maximum Gasteiger partial charge on any atom is 0.290 e. The fourth-order valence-electron chi connectivity index (χ4n) is 4.79. The van der Waals surface area contributed by atoms with Gasteiger partial charge in [0.25, 0.3) is 6.47 Å². The highest BCUT2D eigenvalue weighted by Crippen LogP contribution is 2.21. The van der Waals surface area contributed by atoms with Crippen LogP contribution in [0, 0.1) is 0 Å². The van der Waals surface area contributed by atoms with Crippen LogP contribution in [-0.2, 0) is 31.5 Å². The van der Waals surface area contributed by atoms with Crippen LogP contribution in [0.1, 0.15) is 75.3 Å². The van der Waals surface area contributed by atoms with Crippen LogP contribution in [0.3, 0.4) is 0 Å². The molecule has 0 fully saturated rings. The molecule has 0 saturated carbocycles. The van der Waals surface area contributed by atoms with Crippen LogP contribution in [-0.4, -0.2) is 79.0 Å². The number of unbranched alkanes of at least 4 members (excludes halogenated alkanes) is 1. The summed E-state index contributed by atoms with van der Waals surface area (Å²) in [5.41, 5.74) is 2.68. The Morgan fingerprint density at radius 3 is 2.18 bits per heavy atom. The largest absolute Gasteiger partial charge is 0.483 e. The van der Waals surface area contributed by atoms with E-state index in [1.165, 1.54) is 56.4 Å². The van der Waals surface area contributed by atoms with Crippen molar-refractivity contribution in [3.63, 3.8) is 0 Å². The first kappa shape index (κ1) is 32.2. The van der Waals surface area contributed by atoms with Gasteiger partial charge in [0.1, 0.15) is 11.6 Å². The lowest BCUT2D eigenvalue weighted by Gasteiger charge is -2.26. The third-order valence-electron chi connectivity index (χ3n) is 7.06. The van der Waals surface area contributed by atoms with Gasteiger partial charge in [-0.2, -0.15) is 0 Å². The fourth-order valence-corrected chi connectivity index (χ4v) is 4.79. The molecule has 2 aromatic heterocycles. The van der Waals surface area contributed by atoms with E-state index in [1.807, 2.05) is 31.8 Å². The van der Waals surface area contributed by atoms with Gasteiger partial charge in [-0.25, -0.2) is 9.97 Å². The number of imidazole rings is 2. The summed E-state index contributed by atoms with van der Waals surface area (Å²) < 4.78 is 2.08. The van der Waals surface area contributed by atoms with Crippen LogP contribution in [0.5, 0.6) is 0 Å². The molecule has 3 aromatic rings. The molecule has 1 aromatic carbocycles. The summed E-state index contributed by atoms with van der Waals surface area (Å²) >= 11 is 0. The van der Waals surface area contributed by atoms with Crippen molar-refractivity contribution in [2.75, 3.05) is 33.2 Å². The summed E-state index contributed by atoms with van der Waals surface area (Å²) in [5.74, 6) is 2.03. The minimum absolute atomic E-state index is 0.250. The summed E-state index contributed by atoms with van der Waals surface area (Å²) in [7, 11) is 4.30. The highest BCUT2D eigenvalue weighted by molar-refractivity contribution is 5.32. The van der Waals surface area contributed by atoms with Gasteiger partial charge in [-0.05, 0) is 77.0 Å². The maximum absolute atomic E-state index is 8.36. The predicted molar refractivity (Wildman–Crippen MR) is 157 cm³/mol. The van der Waals surface area contributed by atoms with Gasteiger partial charge in [0, 0.05) is 44.4 Å². The molecule has 0 radical (unpaired) electrons. The van der Waals surface area contributed by atoms with Crippen molar-refractivity contribution in [3.8, 4) is 0 Å². The maximum atomic E-state index is 8.36. The molecule has 9 heteroatoms. The van der Waals surface area contributed by atoms with Crippen molar-refractivity contribution in [3.05, 3.63) is 71.8 Å². The van der Waals surface area contributed by atoms with E-state index in [4.69, 9.17) is 9.90 Å². The molecule has 0 aliphatic rings. The van der Waals surface area contributed by atoms with Gasteiger partial charge in [-0.15, -0.1) is 0 Å². The number of hydrogen-bond acceptors (Lipinski definition) is 6. The first-order valence-electron chi connectivity index (χ1n) is 14.2. The van der Waals surface area contributed by atoms with Crippen molar-refractivity contribution in [2.45, 2.75) is 72.1 Å². The number of benzene rings is 1. The number of carbonyl (C=O) groups is 1. The molecular formula is C30H49N7O2. The lowest BCUT2D eigenvalue weighted by atomic mass is 10.0. The number of carboxylic acid groups (broad SMARTS) is 1. The summed E-state index contributed by atoms with van der Waals surface area (Å²) in [6, 6.07) is 9.56. The molecule has 0 bridgehead atoms. The van der Waals surface area contributed by atoms with Gasteiger partial charge in [-0.3, -0.25) is 14.6 Å². The molecule has 0 aliphatic carbocycles. The van der Waals surface area contributed by atoms with Gasteiger partial charge in [-0.1, -0.05) is 38.1 Å². The molecule has 39 heavy (non-hydrogen) atoms. The van der Waals surface area contributed by atoms with E-state index < -0.39 is 0 Å². The molecule has 216 valence electrons. The van der Waals surface area contributed by atoms with E-state index in [1.54, 1.807) is 0 Å². The number of aromatic amines is 1. The third kappa shape index (κ3) is 11.7. The SMILES string of the molecule is CCCN(CCC)CCCCN(C)C(C)c1ccc(CN(Cc2ncc[nH]2)Cc2nccn2C)cc1.O=CO. The lowest BCUT2D eigenvalue weighted by Crippen LogP contribution is -2.28. The van der Waals surface area contributed by atoms with Crippen LogP contribution < -0.4 is 0 Å². The molecule has 2 heterocycles. The Balaban J connectivity index is 0.00000170.